The number of hydrogen-bond acceptors (Lipinski definition) is 3. The summed E-state index contributed by atoms with van der Waals surface area (Å²) >= 11 is 0. The molecule has 1 amide bonds. The fourth-order valence-electron chi connectivity index (χ4n) is 2.29. The van der Waals surface area contributed by atoms with Gasteiger partial charge < -0.3 is 15.0 Å². The number of likely N-dealkylation sites (tertiary alicyclic amines) is 1. The first-order valence-corrected chi connectivity index (χ1v) is 7.24. The highest BCUT2D eigenvalue weighted by molar-refractivity contribution is 5.69. The van der Waals surface area contributed by atoms with Crippen molar-refractivity contribution in [2.75, 3.05) is 13.1 Å². The predicted molar refractivity (Wildman–Crippen MR) is 79.5 cm³/mol. The Morgan fingerprint density at radius 1 is 1.43 bits per heavy atom. The van der Waals surface area contributed by atoms with Gasteiger partial charge in [0.25, 0.3) is 0 Å². The van der Waals surface area contributed by atoms with E-state index in [0.717, 1.165) is 5.56 Å². The zero-order chi connectivity index (χ0) is 15.6. The van der Waals surface area contributed by atoms with Crippen molar-refractivity contribution in [2.24, 2.45) is 0 Å². The van der Waals surface area contributed by atoms with Gasteiger partial charge in [0.2, 0.25) is 0 Å². The maximum atomic E-state index is 13.2. The summed E-state index contributed by atoms with van der Waals surface area (Å²) in [5.41, 5.74) is 0.440. The summed E-state index contributed by atoms with van der Waals surface area (Å²) in [6.45, 7) is 8.79. The van der Waals surface area contributed by atoms with Gasteiger partial charge in [0.15, 0.2) is 0 Å². The molecule has 1 unspecified atom stereocenters. The zero-order valence-corrected chi connectivity index (χ0v) is 13.0. The van der Waals surface area contributed by atoms with Crippen LogP contribution in [0.1, 0.15) is 39.3 Å². The van der Waals surface area contributed by atoms with E-state index in [9.17, 15) is 9.18 Å². The Bertz CT molecular complexity index is 507. The second-order valence-corrected chi connectivity index (χ2v) is 6.53. The molecule has 0 radical (unpaired) electrons. The third kappa shape index (κ3) is 4.43. The van der Waals surface area contributed by atoms with Gasteiger partial charge in [-0.25, -0.2) is 9.18 Å². The van der Waals surface area contributed by atoms with Crippen molar-refractivity contribution in [2.45, 2.75) is 45.4 Å². The Hall–Kier alpha value is -1.62. The SMILES string of the molecule is CC(NC1CN(C(=O)OC(C)(C)C)C1)c1cccc(F)c1. The molecule has 2 rings (SSSR count). The lowest BCUT2D eigenvalue weighted by molar-refractivity contribution is 0.00434. The minimum Gasteiger partial charge on any atom is -0.444 e. The lowest BCUT2D eigenvalue weighted by Crippen LogP contribution is -2.60. The summed E-state index contributed by atoms with van der Waals surface area (Å²) in [6, 6.07) is 6.83. The average Bonchev–Trinajstić information content (AvgIpc) is 2.30. The topological polar surface area (TPSA) is 41.6 Å². The number of rotatable bonds is 3. The number of nitrogens with zero attached hydrogens (tertiary/aromatic N) is 1. The Balaban J connectivity index is 1.79. The Morgan fingerprint density at radius 3 is 2.67 bits per heavy atom. The molecule has 1 N–H and O–H groups in total. The highest BCUT2D eigenvalue weighted by atomic mass is 19.1. The highest BCUT2D eigenvalue weighted by Gasteiger charge is 2.34. The van der Waals surface area contributed by atoms with E-state index >= 15 is 0 Å². The van der Waals surface area contributed by atoms with Gasteiger partial charge in [0.05, 0.1) is 0 Å². The van der Waals surface area contributed by atoms with E-state index in [4.69, 9.17) is 4.74 Å². The molecule has 0 saturated carbocycles. The molecule has 1 heterocycles. The molecule has 1 fully saturated rings. The number of nitrogens with one attached hydrogen (secondary N) is 1. The second kappa shape index (κ2) is 6.02. The number of ether oxygens (including phenoxy) is 1. The minimum atomic E-state index is -0.468. The largest absolute Gasteiger partial charge is 0.444 e. The van der Waals surface area contributed by atoms with E-state index in [-0.39, 0.29) is 24.0 Å². The van der Waals surface area contributed by atoms with Crippen LogP contribution >= 0.6 is 0 Å². The van der Waals surface area contributed by atoms with Crippen LogP contribution in [-0.4, -0.2) is 35.7 Å². The van der Waals surface area contributed by atoms with Crippen LogP contribution in [0, 0.1) is 5.82 Å². The van der Waals surface area contributed by atoms with Gasteiger partial charge in [-0.1, -0.05) is 12.1 Å². The number of carbonyl (C=O) groups excluding carboxylic acids is 1. The number of benzene rings is 1. The summed E-state index contributed by atoms with van der Waals surface area (Å²) in [5.74, 6) is -0.231. The molecule has 1 atom stereocenters. The molecular formula is C16H23FN2O2. The molecule has 1 aromatic carbocycles. The highest BCUT2D eigenvalue weighted by Crippen LogP contribution is 2.19. The van der Waals surface area contributed by atoms with Crippen LogP contribution in [0.3, 0.4) is 0 Å². The monoisotopic (exact) mass is 294 g/mol. The second-order valence-electron chi connectivity index (χ2n) is 6.53. The molecule has 0 bridgehead atoms. The van der Waals surface area contributed by atoms with Crippen LogP contribution in [-0.2, 0) is 4.74 Å². The molecule has 0 aromatic heterocycles. The van der Waals surface area contributed by atoms with E-state index in [1.165, 1.54) is 12.1 Å². The lowest BCUT2D eigenvalue weighted by atomic mass is 10.0. The Morgan fingerprint density at radius 2 is 2.10 bits per heavy atom. The van der Waals surface area contributed by atoms with Crippen molar-refractivity contribution in [3.8, 4) is 0 Å². The van der Waals surface area contributed by atoms with Gasteiger partial charge in [-0.2, -0.15) is 0 Å². The predicted octanol–water partition coefficient (Wildman–Crippen LogP) is 3.10. The van der Waals surface area contributed by atoms with Gasteiger partial charge in [-0.15, -0.1) is 0 Å². The lowest BCUT2D eigenvalue weighted by Gasteiger charge is -2.41. The molecule has 1 saturated heterocycles. The molecule has 116 valence electrons. The maximum Gasteiger partial charge on any atom is 0.410 e. The zero-order valence-electron chi connectivity index (χ0n) is 13.0. The van der Waals surface area contributed by atoms with E-state index in [0.29, 0.717) is 13.1 Å². The van der Waals surface area contributed by atoms with Crippen LogP contribution in [0.4, 0.5) is 9.18 Å². The molecule has 1 aliphatic heterocycles. The van der Waals surface area contributed by atoms with Crippen LogP contribution in [0.15, 0.2) is 24.3 Å². The Kier molecular flexibility index (Phi) is 4.52. The Labute approximate surface area is 125 Å². The van der Waals surface area contributed by atoms with Crippen molar-refractivity contribution in [1.82, 2.24) is 10.2 Å². The van der Waals surface area contributed by atoms with E-state index in [2.05, 4.69) is 5.32 Å². The fourth-order valence-corrected chi connectivity index (χ4v) is 2.29. The van der Waals surface area contributed by atoms with E-state index in [1.54, 1.807) is 11.0 Å². The van der Waals surface area contributed by atoms with Gasteiger partial charge in [-0.3, -0.25) is 0 Å². The van der Waals surface area contributed by atoms with E-state index in [1.807, 2.05) is 33.8 Å². The van der Waals surface area contributed by atoms with Crippen molar-refractivity contribution in [3.05, 3.63) is 35.6 Å². The van der Waals surface area contributed by atoms with Crippen LogP contribution in [0.5, 0.6) is 0 Å². The number of hydrogen-bond donors (Lipinski definition) is 1. The number of amides is 1. The maximum absolute atomic E-state index is 13.2. The molecule has 1 aromatic rings. The number of halogens is 1. The molecule has 21 heavy (non-hydrogen) atoms. The van der Waals surface area contributed by atoms with Crippen molar-refractivity contribution in [3.63, 3.8) is 0 Å². The molecule has 0 spiro atoms. The van der Waals surface area contributed by atoms with Crippen molar-refractivity contribution in [1.29, 1.82) is 0 Å². The summed E-state index contributed by atoms with van der Waals surface area (Å²) in [5, 5.41) is 3.39. The van der Waals surface area contributed by atoms with E-state index < -0.39 is 5.60 Å². The summed E-state index contributed by atoms with van der Waals surface area (Å²) in [6.07, 6.45) is -0.279. The van der Waals surface area contributed by atoms with Gasteiger partial charge >= 0.3 is 6.09 Å². The molecule has 5 heteroatoms. The number of carbonyl (C=O) groups is 1. The standard InChI is InChI=1S/C16H23FN2O2/c1-11(12-6-5-7-13(17)8-12)18-14-9-19(10-14)15(20)21-16(2,3)4/h5-8,11,14,18H,9-10H2,1-4H3. The van der Waals surface area contributed by atoms with Gasteiger partial charge in [0.1, 0.15) is 11.4 Å². The fraction of sp³-hybridized carbons (Fsp3) is 0.562. The first-order valence-electron chi connectivity index (χ1n) is 7.24. The molecule has 4 nitrogen and oxygen atoms in total. The van der Waals surface area contributed by atoms with Crippen molar-refractivity contribution >= 4 is 6.09 Å². The first kappa shape index (κ1) is 15.8. The third-order valence-corrected chi connectivity index (χ3v) is 3.37. The minimum absolute atomic E-state index is 0.0477. The average molecular weight is 294 g/mol. The van der Waals surface area contributed by atoms with Crippen LogP contribution in [0.25, 0.3) is 0 Å². The molecule has 1 aliphatic rings. The van der Waals surface area contributed by atoms with Gasteiger partial charge in [-0.05, 0) is 45.4 Å². The molecule has 0 aliphatic carbocycles. The third-order valence-electron chi connectivity index (χ3n) is 3.37. The quantitative estimate of drug-likeness (QED) is 0.931. The van der Waals surface area contributed by atoms with Gasteiger partial charge in [0, 0.05) is 25.2 Å². The summed E-state index contributed by atoms with van der Waals surface area (Å²) in [4.78, 5) is 13.5. The summed E-state index contributed by atoms with van der Waals surface area (Å²) < 4.78 is 18.5. The molecular weight excluding hydrogens is 271 g/mol. The normalized spacial score (nSPS) is 17.3. The van der Waals surface area contributed by atoms with Crippen molar-refractivity contribution < 1.29 is 13.9 Å². The first-order chi connectivity index (χ1) is 9.74. The van der Waals surface area contributed by atoms with Crippen LogP contribution < -0.4 is 5.32 Å². The summed E-state index contributed by atoms with van der Waals surface area (Å²) in [7, 11) is 0. The smallest absolute Gasteiger partial charge is 0.410 e. The van der Waals surface area contributed by atoms with Crippen LogP contribution in [0.2, 0.25) is 0 Å².